The predicted octanol–water partition coefficient (Wildman–Crippen LogP) is 1.74. The Kier molecular flexibility index (Phi) is 4.73. The van der Waals surface area contributed by atoms with E-state index >= 15 is 0 Å². The van der Waals surface area contributed by atoms with Gasteiger partial charge in [0.25, 0.3) is 5.91 Å². The van der Waals surface area contributed by atoms with Crippen LogP contribution in [0.5, 0.6) is 0 Å². The molecule has 0 saturated carbocycles. The monoisotopic (exact) mass is 241 g/mol. The van der Waals surface area contributed by atoms with Crippen molar-refractivity contribution < 1.29 is 4.79 Å². The van der Waals surface area contributed by atoms with Crippen LogP contribution in [-0.4, -0.2) is 29.0 Å². The van der Waals surface area contributed by atoms with E-state index in [-0.39, 0.29) is 11.9 Å². The third-order valence-electron chi connectivity index (χ3n) is 2.25. The van der Waals surface area contributed by atoms with Crippen molar-refractivity contribution in [1.82, 2.24) is 9.88 Å². The molecule has 0 spiro atoms. The van der Waals surface area contributed by atoms with Gasteiger partial charge in [0.05, 0.1) is 5.69 Å². The van der Waals surface area contributed by atoms with E-state index in [1.165, 1.54) is 0 Å². The molecule has 1 rings (SSSR count). The fourth-order valence-corrected chi connectivity index (χ4v) is 1.77. The number of nitrogens with two attached hydrogens (primary N) is 1. The highest BCUT2D eigenvalue weighted by Crippen LogP contribution is 2.16. The molecule has 16 heavy (non-hydrogen) atoms. The molecule has 1 aromatic heterocycles. The van der Waals surface area contributed by atoms with Crippen molar-refractivity contribution in [2.75, 3.05) is 24.3 Å². The maximum Gasteiger partial charge on any atom is 0.268 e. The summed E-state index contributed by atoms with van der Waals surface area (Å²) < 4.78 is 1.89. The van der Waals surface area contributed by atoms with Gasteiger partial charge < -0.3 is 15.6 Å². The third-order valence-corrected chi connectivity index (χ3v) is 2.86. The van der Waals surface area contributed by atoms with Gasteiger partial charge in [0, 0.05) is 24.5 Å². The number of nitrogens with one attached hydrogen (secondary N) is 1. The van der Waals surface area contributed by atoms with Crippen LogP contribution in [0.15, 0.2) is 12.3 Å². The summed E-state index contributed by atoms with van der Waals surface area (Å²) in [4.78, 5) is 11.9. The van der Waals surface area contributed by atoms with Crippen LogP contribution in [-0.2, 0) is 0 Å². The van der Waals surface area contributed by atoms with Crippen LogP contribution >= 0.6 is 11.8 Å². The highest BCUT2D eigenvalue weighted by Gasteiger charge is 2.13. The number of thioether (sulfide) groups is 1. The Balaban J connectivity index is 2.74. The van der Waals surface area contributed by atoms with Crippen LogP contribution in [0, 0.1) is 0 Å². The topological polar surface area (TPSA) is 60.1 Å². The summed E-state index contributed by atoms with van der Waals surface area (Å²) in [6, 6.07) is 1.95. The van der Waals surface area contributed by atoms with Crippen LogP contribution in [0.1, 0.15) is 30.4 Å². The van der Waals surface area contributed by atoms with Gasteiger partial charge in [0.15, 0.2) is 0 Å². The lowest BCUT2D eigenvalue weighted by atomic mass is 10.3. The Morgan fingerprint density at radius 2 is 2.31 bits per heavy atom. The van der Waals surface area contributed by atoms with Gasteiger partial charge in [0.1, 0.15) is 5.69 Å². The Bertz CT molecular complexity index is 360. The molecule has 0 unspecified atom stereocenters. The molecular weight excluding hydrogens is 222 g/mol. The molecule has 90 valence electrons. The summed E-state index contributed by atoms with van der Waals surface area (Å²) in [6.45, 7) is 4.74. The first-order valence-corrected chi connectivity index (χ1v) is 6.70. The lowest BCUT2D eigenvalue weighted by Crippen LogP contribution is -2.28. The van der Waals surface area contributed by atoms with Gasteiger partial charge in [-0.15, -0.1) is 0 Å². The van der Waals surface area contributed by atoms with Crippen molar-refractivity contribution in [2.45, 2.75) is 19.9 Å². The number of rotatable bonds is 5. The van der Waals surface area contributed by atoms with E-state index in [2.05, 4.69) is 5.32 Å². The van der Waals surface area contributed by atoms with Crippen LogP contribution in [0.2, 0.25) is 0 Å². The van der Waals surface area contributed by atoms with Crippen molar-refractivity contribution in [3.05, 3.63) is 18.0 Å². The molecular formula is C11H19N3OS. The quantitative estimate of drug-likeness (QED) is 0.772. The van der Waals surface area contributed by atoms with Crippen molar-refractivity contribution >= 4 is 23.4 Å². The average Bonchev–Trinajstić information content (AvgIpc) is 2.61. The molecule has 0 aliphatic rings. The standard InChI is InChI=1S/C11H19N3OS/c1-8(2)14-7-9(12)6-10(14)11(15)13-4-5-16-3/h6-8H,4-5,12H2,1-3H3,(H,13,15). The number of carbonyl (C=O) groups excluding carboxylic acids is 1. The molecule has 1 amide bonds. The first-order valence-electron chi connectivity index (χ1n) is 5.30. The maximum atomic E-state index is 11.9. The number of aromatic nitrogens is 1. The van der Waals surface area contributed by atoms with E-state index in [0.717, 1.165) is 5.75 Å². The lowest BCUT2D eigenvalue weighted by molar-refractivity contribution is 0.0945. The Morgan fingerprint density at radius 3 is 2.88 bits per heavy atom. The molecule has 5 heteroatoms. The molecule has 0 aliphatic heterocycles. The van der Waals surface area contributed by atoms with E-state index in [9.17, 15) is 4.79 Å². The molecule has 0 saturated heterocycles. The number of amides is 1. The van der Waals surface area contributed by atoms with Gasteiger partial charge >= 0.3 is 0 Å². The largest absolute Gasteiger partial charge is 0.397 e. The van der Waals surface area contributed by atoms with Crippen LogP contribution in [0.25, 0.3) is 0 Å². The fourth-order valence-electron chi connectivity index (χ4n) is 1.47. The molecule has 1 aromatic rings. The molecule has 4 nitrogen and oxygen atoms in total. The number of hydrogen-bond donors (Lipinski definition) is 2. The number of nitrogen functional groups attached to an aromatic ring is 1. The Labute approximate surface area is 101 Å². The minimum Gasteiger partial charge on any atom is -0.397 e. The molecule has 0 fully saturated rings. The van der Waals surface area contributed by atoms with Gasteiger partial charge in [-0.25, -0.2) is 0 Å². The van der Waals surface area contributed by atoms with Crippen molar-refractivity contribution in [3.63, 3.8) is 0 Å². The number of carbonyl (C=O) groups is 1. The minimum atomic E-state index is -0.0561. The van der Waals surface area contributed by atoms with Crippen molar-refractivity contribution in [3.8, 4) is 0 Å². The van der Waals surface area contributed by atoms with Gasteiger partial charge in [0.2, 0.25) is 0 Å². The van der Waals surface area contributed by atoms with Crippen LogP contribution in [0.4, 0.5) is 5.69 Å². The van der Waals surface area contributed by atoms with E-state index in [1.807, 2.05) is 24.7 Å². The van der Waals surface area contributed by atoms with E-state index in [4.69, 9.17) is 5.73 Å². The molecule has 0 aliphatic carbocycles. The average molecular weight is 241 g/mol. The van der Waals surface area contributed by atoms with Crippen LogP contribution < -0.4 is 11.1 Å². The van der Waals surface area contributed by atoms with Gasteiger partial charge in [-0.2, -0.15) is 11.8 Å². The van der Waals surface area contributed by atoms with E-state index in [1.54, 1.807) is 24.0 Å². The third kappa shape index (κ3) is 3.20. The molecule has 0 bridgehead atoms. The normalized spacial score (nSPS) is 10.8. The summed E-state index contributed by atoms with van der Waals surface area (Å²) in [6.07, 6.45) is 3.81. The predicted molar refractivity (Wildman–Crippen MR) is 69.9 cm³/mol. The zero-order chi connectivity index (χ0) is 12.1. The molecule has 0 atom stereocenters. The number of anilines is 1. The highest BCUT2D eigenvalue weighted by atomic mass is 32.2. The lowest BCUT2D eigenvalue weighted by Gasteiger charge is -2.12. The zero-order valence-corrected chi connectivity index (χ0v) is 10.8. The van der Waals surface area contributed by atoms with Gasteiger partial charge in [-0.3, -0.25) is 4.79 Å². The minimum absolute atomic E-state index is 0.0561. The number of nitrogens with zero attached hydrogens (tertiary/aromatic N) is 1. The molecule has 0 aromatic carbocycles. The SMILES string of the molecule is CSCCNC(=O)c1cc(N)cn1C(C)C. The fraction of sp³-hybridized carbons (Fsp3) is 0.545. The summed E-state index contributed by atoms with van der Waals surface area (Å²) in [5, 5.41) is 2.87. The summed E-state index contributed by atoms with van der Waals surface area (Å²) in [5.41, 5.74) is 6.97. The molecule has 3 N–H and O–H groups in total. The Hall–Kier alpha value is -1.10. The molecule has 0 radical (unpaired) electrons. The van der Waals surface area contributed by atoms with E-state index in [0.29, 0.717) is 17.9 Å². The Morgan fingerprint density at radius 1 is 1.62 bits per heavy atom. The van der Waals surface area contributed by atoms with Crippen molar-refractivity contribution in [1.29, 1.82) is 0 Å². The van der Waals surface area contributed by atoms with Crippen molar-refractivity contribution in [2.24, 2.45) is 0 Å². The van der Waals surface area contributed by atoms with Crippen LogP contribution in [0.3, 0.4) is 0 Å². The second-order valence-corrected chi connectivity index (χ2v) is 4.89. The maximum absolute atomic E-state index is 11.9. The summed E-state index contributed by atoms with van der Waals surface area (Å²) >= 11 is 1.71. The summed E-state index contributed by atoms with van der Waals surface area (Å²) in [7, 11) is 0. The first kappa shape index (κ1) is 13.0. The zero-order valence-electron chi connectivity index (χ0n) is 9.99. The second kappa shape index (κ2) is 5.84. The van der Waals surface area contributed by atoms with E-state index < -0.39 is 0 Å². The second-order valence-electron chi connectivity index (χ2n) is 3.91. The smallest absolute Gasteiger partial charge is 0.268 e. The summed E-state index contributed by atoms with van der Waals surface area (Å²) in [5.74, 6) is 0.864. The highest BCUT2D eigenvalue weighted by molar-refractivity contribution is 7.98. The van der Waals surface area contributed by atoms with Gasteiger partial charge in [-0.1, -0.05) is 0 Å². The first-order chi connectivity index (χ1) is 7.56. The van der Waals surface area contributed by atoms with Gasteiger partial charge in [-0.05, 0) is 26.2 Å². The number of hydrogen-bond acceptors (Lipinski definition) is 3. The molecule has 1 heterocycles.